The standard InChI is InChI=1S/C19H12ClF3N2O6/c20-13-2-1-10(6-12(13)19(21,22)23)24-14-7-15(26)25(16(14)27)11-4-8(17(28)29)3-9(5-11)18(30)31/h1-6,14,24H,7H2,(H,28,29)(H,30,31). The van der Waals surface area contributed by atoms with Gasteiger partial charge >= 0.3 is 18.1 Å². The number of carboxylic acids is 2. The van der Waals surface area contributed by atoms with Crippen molar-refractivity contribution >= 4 is 46.7 Å². The van der Waals surface area contributed by atoms with Gasteiger partial charge in [-0.05, 0) is 36.4 Å². The SMILES string of the molecule is O=C(O)c1cc(C(=O)O)cc(N2C(=O)CC(Nc3ccc(Cl)c(C(F)(F)F)c3)C2=O)c1. The lowest BCUT2D eigenvalue weighted by Crippen LogP contribution is -2.35. The van der Waals surface area contributed by atoms with E-state index in [0.29, 0.717) is 11.0 Å². The molecule has 8 nitrogen and oxygen atoms in total. The van der Waals surface area contributed by atoms with Gasteiger partial charge in [0.05, 0.1) is 33.8 Å². The number of imide groups is 1. The van der Waals surface area contributed by atoms with Crippen LogP contribution in [0.1, 0.15) is 32.7 Å². The van der Waals surface area contributed by atoms with E-state index < -0.39 is 64.1 Å². The number of benzene rings is 2. The molecule has 1 aliphatic rings. The van der Waals surface area contributed by atoms with Gasteiger partial charge in [0.25, 0.3) is 5.91 Å². The number of nitrogens with one attached hydrogen (secondary N) is 1. The van der Waals surface area contributed by atoms with Crippen LogP contribution in [0.25, 0.3) is 0 Å². The Balaban J connectivity index is 1.92. The van der Waals surface area contributed by atoms with Gasteiger partial charge in [0, 0.05) is 5.69 Å². The van der Waals surface area contributed by atoms with E-state index in [-0.39, 0.29) is 11.4 Å². The first kappa shape index (κ1) is 22.1. The molecule has 2 amide bonds. The molecule has 31 heavy (non-hydrogen) atoms. The van der Waals surface area contributed by atoms with Crippen molar-refractivity contribution in [3.63, 3.8) is 0 Å². The van der Waals surface area contributed by atoms with E-state index in [9.17, 15) is 32.3 Å². The molecule has 0 aromatic heterocycles. The third kappa shape index (κ3) is 4.45. The van der Waals surface area contributed by atoms with Gasteiger partial charge < -0.3 is 15.5 Å². The number of hydrogen-bond donors (Lipinski definition) is 3. The number of aromatic carboxylic acids is 2. The van der Waals surface area contributed by atoms with Crippen LogP contribution in [0, 0.1) is 0 Å². The minimum atomic E-state index is -4.74. The molecule has 1 heterocycles. The molecule has 1 unspecified atom stereocenters. The molecule has 3 rings (SSSR count). The summed E-state index contributed by atoms with van der Waals surface area (Å²) in [4.78, 5) is 48.2. The van der Waals surface area contributed by atoms with Gasteiger partial charge in [0.2, 0.25) is 5.91 Å². The number of carbonyl (C=O) groups is 4. The number of halogens is 4. The first-order chi connectivity index (χ1) is 14.4. The molecule has 3 N–H and O–H groups in total. The van der Waals surface area contributed by atoms with E-state index in [1.165, 1.54) is 6.07 Å². The van der Waals surface area contributed by atoms with Crippen LogP contribution in [-0.4, -0.2) is 40.0 Å². The van der Waals surface area contributed by atoms with Gasteiger partial charge in [-0.3, -0.25) is 9.59 Å². The minimum Gasteiger partial charge on any atom is -0.478 e. The van der Waals surface area contributed by atoms with E-state index in [0.717, 1.165) is 24.3 Å². The Morgan fingerprint density at radius 2 is 1.61 bits per heavy atom. The van der Waals surface area contributed by atoms with Crippen molar-refractivity contribution in [2.45, 2.75) is 18.6 Å². The Labute approximate surface area is 176 Å². The second kappa shape index (κ2) is 7.91. The van der Waals surface area contributed by atoms with Crippen molar-refractivity contribution in [3.8, 4) is 0 Å². The molecule has 0 spiro atoms. The Kier molecular flexibility index (Phi) is 5.64. The summed E-state index contributed by atoms with van der Waals surface area (Å²) < 4.78 is 39.1. The third-order valence-electron chi connectivity index (χ3n) is 4.43. The summed E-state index contributed by atoms with van der Waals surface area (Å²) in [5.74, 6) is -4.61. The summed E-state index contributed by atoms with van der Waals surface area (Å²) in [6, 6.07) is 4.40. The van der Waals surface area contributed by atoms with E-state index in [1.54, 1.807) is 0 Å². The Morgan fingerprint density at radius 3 is 2.13 bits per heavy atom. The largest absolute Gasteiger partial charge is 0.478 e. The fourth-order valence-corrected chi connectivity index (χ4v) is 3.26. The van der Waals surface area contributed by atoms with Crippen LogP contribution < -0.4 is 10.2 Å². The van der Waals surface area contributed by atoms with Gasteiger partial charge in [-0.15, -0.1) is 0 Å². The molecule has 1 aliphatic heterocycles. The zero-order chi connectivity index (χ0) is 23.1. The van der Waals surface area contributed by atoms with Crippen molar-refractivity contribution in [1.82, 2.24) is 0 Å². The fourth-order valence-electron chi connectivity index (χ4n) is 3.04. The Hall–Kier alpha value is -3.60. The van der Waals surface area contributed by atoms with E-state index in [2.05, 4.69) is 5.32 Å². The quantitative estimate of drug-likeness (QED) is 0.588. The van der Waals surface area contributed by atoms with Crippen molar-refractivity contribution in [1.29, 1.82) is 0 Å². The number of alkyl halides is 3. The topological polar surface area (TPSA) is 124 Å². The third-order valence-corrected chi connectivity index (χ3v) is 4.76. The summed E-state index contributed by atoms with van der Waals surface area (Å²) in [5, 5.41) is 20.3. The highest BCUT2D eigenvalue weighted by Gasteiger charge is 2.40. The maximum Gasteiger partial charge on any atom is 0.417 e. The second-order valence-electron chi connectivity index (χ2n) is 6.54. The average Bonchev–Trinajstić information content (AvgIpc) is 2.95. The van der Waals surface area contributed by atoms with Crippen LogP contribution in [0.2, 0.25) is 5.02 Å². The first-order valence-corrected chi connectivity index (χ1v) is 8.88. The molecule has 0 aliphatic carbocycles. The number of carboxylic acid groups (broad SMARTS) is 2. The maximum atomic E-state index is 13.0. The van der Waals surface area contributed by atoms with Gasteiger partial charge in [-0.1, -0.05) is 11.6 Å². The average molecular weight is 457 g/mol. The molecule has 1 fully saturated rings. The number of carbonyl (C=O) groups excluding carboxylic acids is 2. The molecule has 0 bridgehead atoms. The number of hydrogen-bond acceptors (Lipinski definition) is 5. The smallest absolute Gasteiger partial charge is 0.417 e. The van der Waals surface area contributed by atoms with Gasteiger partial charge in [0.1, 0.15) is 6.04 Å². The molecule has 0 saturated carbocycles. The molecule has 2 aromatic carbocycles. The van der Waals surface area contributed by atoms with Crippen LogP contribution >= 0.6 is 11.6 Å². The normalized spacial score (nSPS) is 16.5. The van der Waals surface area contributed by atoms with E-state index >= 15 is 0 Å². The Morgan fingerprint density at radius 1 is 1.03 bits per heavy atom. The number of anilines is 2. The predicted molar refractivity (Wildman–Crippen MR) is 101 cm³/mol. The lowest BCUT2D eigenvalue weighted by molar-refractivity contribution is -0.137. The lowest BCUT2D eigenvalue weighted by Gasteiger charge is -2.18. The second-order valence-corrected chi connectivity index (χ2v) is 6.95. The van der Waals surface area contributed by atoms with E-state index in [4.69, 9.17) is 21.8 Å². The summed E-state index contributed by atoms with van der Waals surface area (Å²) in [6.07, 6.45) is -5.18. The van der Waals surface area contributed by atoms with Gasteiger partial charge in [0.15, 0.2) is 0 Å². The molecule has 12 heteroatoms. The summed E-state index contributed by atoms with van der Waals surface area (Å²) >= 11 is 5.56. The highest BCUT2D eigenvalue weighted by atomic mass is 35.5. The highest BCUT2D eigenvalue weighted by molar-refractivity contribution is 6.31. The maximum absolute atomic E-state index is 13.0. The number of amides is 2. The number of rotatable bonds is 5. The molecular weight excluding hydrogens is 445 g/mol. The minimum absolute atomic E-state index is 0.116. The van der Waals surface area contributed by atoms with Crippen molar-refractivity contribution in [2.24, 2.45) is 0 Å². The fraction of sp³-hybridized carbons (Fsp3) is 0.158. The number of nitrogens with zero attached hydrogens (tertiary/aromatic N) is 1. The van der Waals surface area contributed by atoms with Crippen LogP contribution in [0.5, 0.6) is 0 Å². The Bertz CT molecular complexity index is 1090. The molecule has 2 aromatic rings. The van der Waals surface area contributed by atoms with Gasteiger partial charge in [-0.25, -0.2) is 14.5 Å². The molecule has 0 radical (unpaired) electrons. The lowest BCUT2D eigenvalue weighted by atomic mass is 10.1. The summed E-state index contributed by atoms with van der Waals surface area (Å²) in [7, 11) is 0. The molecular formula is C19H12ClF3N2O6. The van der Waals surface area contributed by atoms with Crippen molar-refractivity contribution in [2.75, 3.05) is 10.2 Å². The molecule has 1 saturated heterocycles. The van der Waals surface area contributed by atoms with Crippen molar-refractivity contribution in [3.05, 3.63) is 58.1 Å². The predicted octanol–water partition coefficient (Wildman–Crippen LogP) is 3.50. The van der Waals surface area contributed by atoms with Crippen LogP contribution in [0.15, 0.2) is 36.4 Å². The van der Waals surface area contributed by atoms with Crippen LogP contribution in [0.3, 0.4) is 0 Å². The zero-order valence-electron chi connectivity index (χ0n) is 15.2. The summed E-state index contributed by atoms with van der Waals surface area (Å²) in [5.41, 5.74) is -2.44. The molecule has 1 atom stereocenters. The van der Waals surface area contributed by atoms with Crippen LogP contribution in [-0.2, 0) is 15.8 Å². The van der Waals surface area contributed by atoms with Crippen molar-refractivity contribution < 1.29 is 42.6 Å². The zero-order valence-corrected chi connectivity index (χ0v) is 16.0. The van der Waals surface area contributed by atoms with Crippen LogP contribution in [0.4, 0.5) is 24.5 Å². The van der Waals surface area contributed by atoms with Gasteiger partial charge in [-0.2, -0.15) is 13.2 Å². The monoisotopic (exact) mass is 456 g/mol. The highest BCUT2D eigenvalue weighted by Crippen LogP contribution is 2.37. The van der Waals surface area contributed by atoms with E-state index in [1.807, 2.05) is 0 Å². The summed E-state index contributed by atoms with van der Waals surface area (Å²) in [6.45, 7) is 0. The first-order valence-electron chi connectivity index (χ1n) is 8.50. The molecule has 162 valence electrons.